The lowest BCUT2D eigenvalue weighted by atomic mass is 9.92. The summed E-state index contributed by atoms with van der Waals surface area (Å²) in [7, 11) is 0. The molecule has 0 spiro atoms. The monoisotopic (exact) mass is 436 g/mol. The lowest BCUT2D eigenvalue weighted by Gasteiger charge is -2.24. The first-order chi connectivity index (χ1) is 15.5. The number of nitrogens with one attached hydrogen (secondary N) is 1. The highest BCUT2D eigenvalue weighted by molar-refractivity contribution is 5.99. The minimum absolute atomic E-state index is 0.133. The zero-order valence-corrected chi connectivity index (χ0v) is 17.5. The molecule has 0 radical (unpaired) electrons. The van der Waals surface area contributed by atoms with Gasteiger partial charge in [0.25, 0.3) is 12.3 Å². The molecule has 1 aliphatic rings. The number of fused-ring (bicyclic) bond motifs is 2. The average molecular weight is 436 g/mol. The molecule has 0 saturated carbocycles. The van der Waals surface area contributed by atoms with Gasteiger partial charge in [-0.25, -0.2) is 18.3 Å². The van der Waals surface area contributed by atoms with Crippen molar-refractivity contribution in [1.29, 1.82) is 0 Å². The maximum Gasteiger partial charge on any atom is 0.280 e. The highest BCUT2D eigenvalue weighted by Gasteiger charge is 2.28. The van der Waals surface area contributed by atoms with Gasteiger partial charge < -0.3 is 5.32 Å². The molecule has 0 saturated heterocycles. The molecule has 9 heteroatoms. The molecule has 0 aliphatic heterocycles. The SMILES string of the molecule is Cc1cc(C(F)F)n2ncc(C(=O)NC3CCCc4c3cnn4Cc3ccccc3)c2n1. The van der Waals surface area contributed by atoms with Gasteiger partial charge in [-0.2, -0.15) is 10.2 Å². The number of nitrogens with zero attached hydrogens (tertiary/aromatic N) is 5. The van der Waals surface area contributed by atoms with Gasteiger partial charge in [0.1, 0.15) is 11.3 Å². The quantitative estimate of drug-likeness (QED) is 0.513. The minimum Gasteiger partial charge on any atom is -0.345 e. The zero-order chi connectivity index (χ0) is 22.2. The van der Waals surface area contributed by atoms with E-state index in [1.807, 2.05) is 29.1 Å². The van der Waals surface area contributed by atoms with Gasteiger partial charge in [0.15, 0.2) is 5.65 Å². The van der Waals surface area contributed by atoms with Crippen molar-refractivity contribution in [2.75, 3.05) is 0 Å². The lowest BCUT2D eigenvalue weighted by Crippen LogP contribution is -2.31. The van der Waals surface area contributed by atoms with Crippen LogP contribution in [-0.2, 0) is 13.0 Å². The molecule has 3 heterocycles. The third-order valence-electron chi connectivity index (χ3n) is 5.84. The van der Waals surface area contributed by atoms with Crippen LogP contribution in [0.5, 0.6) is 0 Å². The fourth-order valence-electron chi connectivity index (χ4n) is 4.33. The summed E-state index contributed by atoms with van der Waals surface area (Å²) in [6.07, 6.45) is 2.99. The topological polar surface area (TPSA) is 77.1 Å². The summed E-state index contributed by atoms with van der Waals surface area (Å²) in [4.78, 5) is 17.3. The van der Waals surface area contributed by atoms with E-state index < -0.39 is 6.43 Å². The van der Waals surface area contributed by atoms with E-state index in [1.54, 1.807) is 6.92 Å². The van der Waals surface area contributed by atoms with Crippen molar-refractivity contribution in [3.05, 3.63) is 82.6 Å². The van der Waals surface area contributed by atoms with E-state index in [1.165, 1.54) is 12.3 Å². The van der Waals surface area contributed by atoms with E-state index in [4.69, 9.17) is 0 Å². The Balaban J connectivity index is 1.41. The summed E-state index contributed by atoms with van der Waals surface area (Å²) < 4.78 is 29.8. The molecule has 7 nitrogen and oxygen atoms in total. The Morgan fingerprint density at radius 2 is 2.03 bits per heavy atom. The average Bonchev–Trinajstić information content (AvgIpc) is 3.39. The number of benzene rings is 1. The first kappa shape index (κ1) is 20.3. The van der Waals surface area contributed by atoms with E-state index in [0.717, 1.165) is 40.6 Å². The lowest BCUT2D eigenvalue weighted by molar-refractivity contribution is 0.0934. The van der Waals surface area contributed by atoms with Gasteiger partial charge in [0.05, 0.1) is 25.0 Å². The van der Waals surface area contributed by atoms with Crippen LogP contribution in [-0.4, -0.2) is 30.3 Å². The highest BCUT2D eigenvalue weighted by atomic mass is 19.3. The summed E-state index contributed by atoms with van der Waals surface area (Å²) in [5.41, 5.74) is 3.70. The first-order valence-electron chi connectivity index (χ1n) is 10.5. The summed E-state index contributed by atoms with van der Waals surface area (Å²) in [5.74, 6) is -0.382. The van der Waals surface area contributed by atoms with Gasteiger partial charge in [0, 0.05) is 17.0 Å². The molecule has 1 unspecified atom stereocenters. The Morgan fingerprint density at radius 1 is 1.22 bits per heavy atom. The van der Waals surface area contributed by atoms with Gasteiger partial charge in [-0.1, -0.05) is 30.3 Å². The standard InChI is InChI=1S/C23H22F2N6O/c1-14-10-20(21(24)25)31-22(28-14)17(12-27-31)23(32)29-18-8-5-9-19-16(18)11-26-30(19)13-15-6-3-2-4-7-15/h2-4,6-7,10-12,18,21H,5,8-9,13H2,1H3,(H,29,32). The van der Waals surface area contributed by atoms with Crippen LogP contribution in [0.15, 0.2) is 48.8 Å². The number of alkyl halides is 2. The Labute approximate surface area is 183 Å². The van der Waals surface area contributed by atoms with Crippen molar-refractivity contribution in [2.24, 2.45) is 0 Å². The van der Waals surface area contributed by atoms with Crippen LogP contribution in [0.2, 0.25) is 0 Å². The maximum atomic E-state index is 13.4. The van der Waals surface area contributed by atoms with Gasteiger partial charge in [-0.3, -0.25) is 9.48 Å². The molecule has 4 aromatic rings. The van der Waals surface area contributed by atoms with Crippen molar-refractivity contribution in [3.8, 4) is 0 Å². The number of aromatic nitrogens is 5. The van der Waals surface area contributed by atoms with Crippen molar-refractivity contribution in [3.63, 3.8) is 0 Å². The minimum atomic E-state index is -2.72. The molecule has 0 fully saturated rings. The van der Waals surface area contributed by atoms with Crippen LogP contribution < -0.4 is 5.32 Å². The van der Waals surface area contributed by atoms with Crippen LogP contribution in [0.3, 0.4) is 0 Å². The number of rotatable bonds is 5. The number of carbonyl (C=O) groups is 1. The Hall–Kier alpha value is -3.62. The van der Waals surface area contributed by atoms with Crippen molar-refractivity contribution >= 4 is 11.6 Å². The van der Waals surface area contributed by atoms with Crippen LogP contribution in [0.4, 0.5) is 8.78 Å². The zero-order valence-electron chi connectivity index (χ0n) is 17.5. The van der Waals surface area contributed by atoms with Crippen molar-refractivity contribution in [2.45, 2.75) is 45.2 Å². The molecule has 32 heavy (non-hydrogen) atoms. The number of halogens is 2. The largest absolute Gasteiger partial charge is 0.345 e. The van der Waals surface area contributed by atoms with Crippen LogP contribution in [0, 0.1) is 6.92 Å². The van der Waals surface area contributed by atoms with Gasteiger partial charge >= 0.3 is 0 Å². The second-order valence-corrected chi connectivity index (χ2v) is 8.02. The van der Waals surface area contributed by atoms with Crippen LogP contribution in [0.1, 0.15) is 63.9 Å². The summed E-state index contributed by atoms with van der Waals surface area (Å²) in [5, 5.41) is 11.6. The highest BCUT2D eigenvalue weighted by Crippen LogP contribution is 2.30. The molecule has 1 aliphatic carbocycles. The number of carbonyl (C=O) groups excluding carboxylic acids is 1. The third kappa shape index (κ3) is 3.63. The number of hydrogen-bond donors (Lipinski definition) is 1. The Kier molecular flexibility index (Phi) is 5.16. The Morgan fingerprint density at radius 3 is 2.81 bits per heavy atom. The molecule has 1 atom stereocenters. The fraction of sp³-hybridized carbons (Fsp3) is 0.304. The third-order valence-corrected chi connectivity index (χ3v) is 5.84. The number of amides is 1. The molecule has 5 rings (SSSR count). The summed E-state index contributed by atoms with van der Waals surface area (Å²) in [6.45, 7) is 2.29. The summed E-state index contributed by atoms with van der Waals surface area (Å²) >= 11 is 0. The van der Waals surface area contributed by atoms with Crippen LogP contribution in [0.25, 0.3) is 5.65 Å². The second-order valence-electron chi connectivity index (χ2n) is 8.02. The predicted molar refractivity (Wildman–Crippen MR) is 114 cm³/mol. The van der Waals surface area contributed by atoms with E-state index in [2.05, 4.69) is 32.6 Å². The van der Waals surface area contributed by atoms with Gasteiger partial charge in [-0.15, -0.1) is 0 Å². The molecule has 1 amide bonds. The fourth-order valence-corrected chi connectivity index (χ4v) is 4.33. The van der Waals surface area contributed by atoms with Crippen molar-refractivity contribution in [1.82, 2.24) is 29.7 Å². The van der Waals surface area contributed by atoms with E-state index in [0.29, 0.717) is 12.2 Å². The van der Waals surface area contributed by atoms with Gasteiger partial charge in [0.2, 0.25) is 0 Å². The molecule has 1 aromatic carbocycles. The smallest absolute Gasteiger partial charge is 0.280 e. The molecule has 3 aromatic heterocycles. The van der Waals surface area contributed by atoms with Crippen molar-refractivity contribution < 1.29 is 13.6 Å². The maximum absolute atomic E-state index is 13.4. The molecular weight excluding hydrogens is 414 g/mol. The Bertz CT molecular complexity index is 1280. The number of hydrogen-bond acceptors (Lipinski definition) is 4. The number of aryl methyl sites for hydroxylation is 1. The predicted octanol–water partition coefficient (Wildman–Crippen LogP) is 4.03. The van der Waals surface area contributed by atoms with E-state index >= 15 is 0 Å². The molecular formula is C23H22F2N6O. The summed E-state index contributed by atoms with van der Waals surface area (Å²) in [6, 6.07) is 11.2. The molecule has 0 bridgehead atoms. The molecule has 164 valence electrons. The van der Waals surface area contributed by atoms with E-state index in [9.17, 15) is 13.6 Å². The van der Waals surface area contributed by atoms with E-state index in [-0.39, 0.29) is 28.9 Å². The van der Waals surface area contributed by atoms with Gasteiger partial charge in [-0.05, 0) is 37.8 Å². The molecule has 1 N–H and O–H groups in total. The first-order valence-corrected chi connectivity index (χ1v) is 10.5. The normalized spacial score (nSPS) is 15.8. The van der Waals surface area contributed by atoms with Crippen LogP contribution >= 0.6 is 0 Å². The second kappa shape index (κ2) is 8.14.